The second kappa shape index (κ2) is 7.26. The topological polar surface area (TPSA) is 0 Å². The standard InChI is InChI=1S/C8H15B.6CH3.2Sn/c1-5-8(4)9(6-2)7-3;;;;;;;;/h5-7H2,1-3H3;6*1H3;;. The van der Waals surface area contributed by atoms with Gasteiger partial charge in [0, 0.05) is 0 Å². The summed E-state index contributed by atoms with van der Waals surface area (Å²) in [7, 11) is 0. The van der Waals surface area contributed by atoms with Gasteiger partial charge in [-0.2, -0.15) is 0 Å². The molecule has 0 aliphatic rings. The Morgan fingerprint density at radius 2 is 1.12 bits per heavy atom. The Kier molecular flexibility index (Phi) is 7.85. The van der Waals surface area contributed by atoms with E-state index in [0.29, 0.717) is 0 Å². The van der Waals surface area contributed by atoms with Crippen LogP contribution in [0.2, 0.25) is 42.3 Å². The minimum absolute atomic E-state index is 0.877. The van der Waals surface area contributed by atoms with E-state index in [4.69, 9.17) is 0 Å². The third-order valence-electron chi connectivity index (χ3n) is 3.68. The Morgan fingerprint density at radius 3 is 1.29 bits per heavy atom. The summed E-state index contributed by atoms with van der Waals surface area (Å²) in [5, 5.41) is 0. The molecule has 0 atom stereocenters. The van der Waals surface area contributed by atoms with E-state index in [1.807, 2.05) is 5.47 Å². The van der Waals surface area contributed by atoms with Gasteiger partial charge >= 0.3 is 120 Å². The third kappa shape index (κ3) is 5.50. The van der Waals surface area contributed by atoms with Gasteiger partial charge < -0.3 is 0 Å². The molecule has 0 N–H and O–H groups in total. The number of rotatable bonds is 6. The summed E-state index contributed by atoms with van der Waals surface area (Å²) in [5.74, 6) is 0. The molecule has 0 aromatic rings. The molecule has 0 heterocycles. The van der Waals surface area contributed by atoms with Gasteiger partial charge in [-0.3, -0.25) is 0 Å². The van der Waals surface area contributed by atoms with Crippen molar-refractivity contribution in [2.75, 3.05) is 0 Å². The molecule has 0 saturated heterocycles. The van der Waals surface area contributed by atoms with Crippen molar-refractivity contribution in [3.05, 3.63) is 7.08 Å². The molecule has 0 bridgehead atoms. The summed E-state index contributed by atoms with van der Waals surface area (Å²) in [6, 6.07) is 0. The molecule has 0 aromatic heterocycles. The van der Waals surface area contributed by atoms with Crippen LogP contribution in [-0.2, 0) is 0 Å². The van der Waals surface area contributed by atoms with Crippen LogP contribution in [0.5, 0.6) is 0 Å². The second-order valence-corrected chi connectivity index (χ2v) is 39.9. The summed E-state index contributed by atoms with van der Waals surface area (Å²) in [4.78, 5) is 15.8. The van der Waals surface area contributed by atoms with Gasteiger partial charge in [-0.25, -0.2) is 0 Å². The van der Waals surface area contributed by atoms with E-state index in [0.717, 1.165) is 6.71 Å². The fourth-order valence-electron chi connectivity index (χ4n) is 3.54. The average molecular weight is 450 g/mol. The van der Waals surface area contributed by atoms with Crippen LogP contribution in [0.25, 0.3) is 0 Å². The Labute approximate surface area is 119 Å². The van der Waals surface area contributed by atoms with Crippen molar-refractivity contribution in [3.63, 3.8) is 0 Å². The molecule has 0 nitrogen and oxygen atoms in total. The molecule has 0 aromatic carbocycles. The fourth-order valence-corrected chi connectivity index (χ4v) is 60.7. The summed E-state index contributed by atoms with van der Waals surface area (Å²) in [6.07, 6.45) is 3.99. The van der Waals surface area contributed by atoms with Crippen LogP contribution in [0.3, 0.4) is 0 Å². The molecule has 0 aliphatic heterocycles. The predicted octanol–water partition coefficient (Wildman–Crippen LogP) is 5.52. The van der Waals surface area contributed by atoms with Crippen molar-refractivity contribution in [2.45, 2.75) is 69.5 Å². The fraction of sp³-hybridized carbons (Fsp3) is 0.857. The Morgan fingerprint density at radius 1 is 0.765 bits per heavy atom. The molecule has 100 valence electrons. The maximum atomic E-state index is 2.63. The summed E-state index contributed by atoms with van der Waals surface area (Å²) in [6.45, 7) is 8.01. The molecule has 0 radical (unpaired) electrons. The van der Waals surface area contributed by atoms with Crippen molar-refractivity contribution in [3.8, 4) is 0 Å². The Balaban J connectivity index is 5.79. The zero-order chi connectivity index (χ0) is 13.9. The third-order valence-corrected chi connectivity index (χ3v) is 42.8. The van der Waals surface area contributed by atoms with Crippen LogP contribution < -0.4 is 0 Å². The summed E-state index contributed by atoms with van der Waals surface area (Å²) in [5.41, 5.74) is 1.90. The van der Waals surface area contributed by atoms with Crippen molar-refractivity contribution < 1.29 is 0 Å². The zero-order valence-corrected chi connectivity index (χ0v) is 19.4. The monoisotopic (exact) mass is 452 g/mol. The van der Waals surface area contributed by atoms with Crippen LogP contribution in [0.4, 0.5) is 0 Å². The van der Waals surface area contributed by atoms with Gasteiger partial charge in [-0.1, -0.05) is 0 Å². The normalized spacial score (nSPS) is 12.5. The van der Waals surface area contributed by atoms with Crippen molar-refractivity contribution in [1.82, 2.24) is 0 Å². The molecule has 3 heteroatoms. The van der Waals surface area contributed by atoms with E-state index in [9.17, 15) is 0 Å². The van der Waals surface area contributed by atoms with Crippen molar-refractivity contribution >= 4 is 43.5 Å². The van der Waals surface area contributed by atoms with E-state index in [-0.39, 0.29) is 0 Å². The van der Waals surface area contributed by atoms with Gasteiger partial charge in [0.2, 0.25) is 0 Å². The van der Waals surface area contributed by atoms with E-state index in [1.54, 1.807) is 0 Å². The summed E-state index contributed by atoms with van der Waals surface area (Å²) >= 11 is -3.80. The first-order valence-corrected chi connectivity index (χ1v) is 27.3. The van der Waals surface area contributed by atoms with Crippen molar-refractivity contribution in [2.24, 2.45) is 0 Å². The SMILES string of the molecule is CCB(CC)C(CC)=[C]([Sn]([CH3])([CH3])[CH3])[Sn]([CH3])([CH3])[CH3]. The second-order valence-electron chi connectivity index (χ2n) is 7.27. The van der Waals surface area contributed by atoms with Crippen LogP contribution in [0, 0.1) is 0 Å². The Hall–Kier alpha value is 1.40. The first kappa shape index (κ1) is 18.4. The molecule has 0 aliphatic carbocycles. The van der Waals surface area contributed by atoms with Gasteiger partial charge in [0.15, 0.2) is 0 Å². The number of allylic oxidation sites excluding steroid dienone is 1. The molecule has 0 unspecified atom stereocenters. The van der Waals surface area contributed by atoms with E-state index in [2.05, 4.69) is 52.0 Å². The van der Waals surface area contributed by atoms with E-state index < -0.39 is 36.8 Å². The molecule has 0 amide bonds. The maximum absolute atomic E-state index is 2.63. The zero-order valence-electron chi connectivity index (χ0n) is 13.7. The van der Waals surface area contributed by atoms with Gasteiger partial charge in [0.25, 0.3) is 0 Å². The summed E-state index contributed by atoms with van der Waals surface area (Å²) < 4.78 is 2.10. The van der Waals surface area contributed by atoms with E-state index >= 15 is 0 Å². The minimum atomic E-state index is -1.90. The van der Waals surface area contributed by atoms with Crippen LogP contribution in [0.1, 0.15) is 27.2 Å². The molecular formula is C14H33BSn2. The molecule has 0 saturated carbocycles. The van der Waals surface area contributed by atoms with Gasteiger partial charge in [-0.15, -0.1) is 0 Å². The van der Waals surface area contributed by atoms with Crippen LogP contribution in [-0.4, -0.2) is 43.5 Å². The van der Waals surface area contributed by atoms with Crippen molar-refractivity contribution in [1.29, 1.82) is 0 Å². The van der Waals surface area contributed by atoms with Gasteiger partial charge in [-0.05, 0) is 0 Å². The predicted molar refractivity (Wildman–Crippen MR) is 90.7 cm³/mol. The van der Waals surface area contributed by atoms with Gasteiger partial charge in [0.1, 0.15) is 0 Å². The van der Waals surface area contributed by atoms with Crippen LogP contribution >= 0.6 is 0 Å². The molecule has 0 rings (SSSR count). The molecule has 0 spiro atoms. The van der Waals surface area contributed by atoms with Crippen LogP contribution in [0.15, 0.2) is 7.08 Å². The first-order valence-electron chi connectivity index (χ1n) is 7.33. The van der Waals surface area contributed by atoms with Gasteiger partial charge in [0.05, 0.1) is 0 Å². The average Bonchev–Trinajstić information content (AvgIpc) is 2.13. The first-order chi connectivity index (χ1) is 7.59. The molecule has 17 heavy (non-hydrogen) atoms. The van der Waals surface area contributed by atoms with E-state index in [1.165, 1.54) is 19.1 Å². The number of hydrogen-bond donors (Lipinski definition) is 0. The number of hydrogen-bond acceptors (Lipinski definition) is 0. The molecular weight excluding hydrogens is 416 g/mol. The molecule has 0 fully saturated rings. The quantitative estimate of drug-likeness (QED) is 0.468. The Bertz CT molecular complexity index is 249.